The van der Waals surface area contributed by atoms with E-state index in [0.29, 0.717) is 18.4 Å². The summed E-state index contributed by atoms with van der Waals surface area (Å²) in [5, 5.41) is 3.39. The summed E-state index contributed by atoms with van der Waals surface area (Å²) in [7, 11) is 0. The molecule has 2 aromatic carbocycles. The molecule has 1 aromatic heterocycles. The molecule has 0 radical (unpaired) electrons. The summed E-state index contributed by atoms with van der Waals surface area (Å²) in [6.45, 7) is 7.03. The maximum Gasteiger partial charge on any atom is 0.232 e. The Morgan fingerprint density at radius 2 is 1.43 bits per heavy atom. The number of hydrogen-bond donors (Lipinski definition) is 1. The van der Waals surface area contributed by atoms with E-state index in [1.165, 1.54) is 11.1 Å². The van der Waals surface area contributed by atoms with E-state index < -0.39 is 0 Å². The Balaban J connectivity index is 1.65. The highest BCUT2D eigenvalue weighted by Crippen LogP contribution is 2.31. The largest absolute Gasteiger partial charge is 0.476 e. The van der Waals surface area contributed by atoms with Gasteiger partial charge in [0.15, 0.2) is 0 Å². The van der Waals surface area contributed by atoms with Gasteiger partial charge in [-0.05, 0) is 45.7 Å². The summed E-state index contributed by atoms with van der Waals surface area (Å²) in [5.41, 5.74) is 6.34. The van der Waals surface area contributed by atoms with Gasteiger partial charge in [-0.2, -0.15) is 0 Å². The standard InChI is InChI=1S/C24H27N3O/c1-17-3-7-20(8-4-17)23-24(21-9-5-18(2)6-10-21)27-22(15-26-23)28-16-19-11-13-25-14-12-19/h3-10,15,19,25H,11-14,16H2,1-2H3. The van der Waals surface area contributed by atoms with Gasteiger partial charge in [-0.3, -0.25) is 0 Å². The first-order valence-electron chi connectivity index (χ1n) is 10.0. The second kappa shape index (κ2) is 8.53. The van der Waals surface area contributed by atoms with Crippen molar-refractivity contribution in [1.82, 2.24) is 15.3 Å². The maximum atomic E-state index is 6.04. The first-order chi connectivity index (χ1) is 13.7. The molecular weight excluding hydrogens is 346 g/mol. The average Bonchev–Trinajstić information content (AvgIpc) is 2.74. The summed E-state index contributed by atoms with van der Waals surface area (Å²) in [4.78, 5) is 9.60. The lowest BCUT2D eigenvalue weighted by Crippen LogP contribution is -2.30. The topological polar surface area (TPSA) is 47.0 Å². The van der Waals surface area contributed by atoms with Crippen LogP contribution in [-0.2, 0) is 0 Å². The minimum absolute atomic E-state index is 0.586. The molecule has 28 heavy (non-hydrogen) atoms. The molecule has 0 saturated carbocycles. The Morgan fingerprint density at radius 3 is 2.04 bits per heavy atom. The smallest absolute Gasteiger partial charge is 0.232 e. The lowest BCUT2D eigenvalue weighted by atomic mass is 9.99. The van der Waals surface area contributed by atoms with Crippen molar-refractivity contribution in [1.29, 1.82) is 0 Å². The fraction of sp³-hybridized carbons (Fsp3) is 0.333. The maximum absolute atomic E-state index is 6.04. The van der Waals surface area contributed by atoms with Gasteiger partial charge in [-0.1, -0.05) is 59.7 Å². The Hall–Kier alpha value is -2.72. The molecule has 144 valence electrons. The zero-order chi connectivity index (χ0) is 19.3. The van der Waals surface area contributed by atoms with Crippen LogP contribution in [0.25, 0.3) is 22.5 Å². The van der Waals surface area contributed by atoms with Gasteiger partial charge in [0.05, 0.1) is 18.5 Å². The molecule has 4 rings (SSSR count). The molecule has 0 atom stereocenters. The van der Waals surface area contributed by atoms with Crippen molar-refractivity contribution in [2.45, 2.75) is 26.7 Å². The van der Waals surface area contributed by atoms with Crippen LogP contribution in [0.3, 0.4) is 0 Å². The van der Waals surface area contributed by atoms with Crippen LogP contribution in [0.4, 0.5) is 0 Å². The van der Waals surface area contributed by atoms with Crippen LogP contribution in [0.15, 0.2) is 54.7 Å². The second-order valence-electron chi connectivity index (χ2n) is 7.64. The van der Waals surface area contributed by atoms with Crippen LogP contribution in [-0.4, -0.2) is 29.7 Å². The molecule has 1 aliphatic heterocycles. The third-order valence-corrected chi connectivity index (χ3v) is 5.33. The summed E-state index contributed by atoms with van der Waals surface area (Å²) in [6.07, 6.45) is 4.06. The van der Waals surface area contributed by atoms with E-state index in [2.05, 4.69) is 67.7 Å². The molecule has 1 fully saturated rings. The quantitative estimate of drug-likeness (QED) is 0.697. The number of rotatable bonds is 5. The SMILES string of the molecule is Cc1ccc(-c2ncc(OCC3CCNCC3)nc2-c2ccc(C)cc2)cc1. The number of aryl methyl sites for hydroxylation is 2. The van der Waals surface area contributed by atoms with Crippen LogP contribution >= 0.6 is 0 Å². The van der Waals surface area contributed by atoms with E-state index in [9.17, 15) is 0 Å². The van der Waals surface area contributed by atoms with Crippen molar-refractivity contribution >= 4 is 0 Å². The normalized spacial score (nSPS) is 14.8. The van der Waals surface area contributed by atoms with Gasteiger partial charge in [0.1, 0.15) is 5.69 Å². The van der Waals surface area contributed by atoms with Crippen molar-refractivity contribution in [3.8, 4) is 28.4 Å². The Bertz CT molecular complexity index is 914. The molecule has 0 bridgehead atoms. The monoisotopic (exact) mass is 373 g/mol. The van der Waals surface area contributed by atoms with Gasteiger partial charge < -0.3 is 10.1 Å². The first-order valence-corrected chi connectivity index (χ1v) is 10.0. The van der Waals surface area contributed by atoms with Gasteiger partial charge >= 0.3 is 0 Å². The van der Waals surface area contributed by atoms with Gasteiger partial charge in [-0.25, -0.2) is 9.97 Å². The van der Waals surface area contributed by atoms with Crippen molar-refractivity contribution in [3.05, 3.63) is 65.9 Å². The van der Waals surface area contributed by atoms with Gasteiger partial charge in [0.2, 0.25) is 5.88 Å². The summed E-state index contributed by atoms with van der Waals surface area (Å²) < 4.78 is 6.04. The molecule has 4 nitrogen and oxygen atoms in total. The second-order valence-corrected chi connectivity index (χ2v) is 7.64. The predicted octanol–water partition coefficient (Wildman–Crippen LogP) is 4.81. The van der Waals surface area contributed by atoms with Crippen molar-refractivity contribution in [2.75, 3.05) is 19.7 Å². The number of aromatic nitrogens is 2. The zero-order valence-corrected chi connectivity index (χ0v) is 16.6. The molecule has 0 amide bonds. The third-order valence-electron chi connectivity index (χ3n) is 5.33. The molecular formula is C24H27N3O. The third kappa shape index (κ3) is 4.39. The van der Waals surface area contributed by atoms with Crippen molar-refractivity contribution in [2.24, 2.45) is 5.92 Å². The van der Waals surface area contributed by atoms with E-state index in [1.807, 2.05) is 0 Å². The predicted molar refractivity (Wildman–Crippen MR) is 113 cm³/mol. The lowest BCUT2D eigenvalue weighted by molar-refractivity contribution is 0.208. The lowest BCUT2D eigenvalue weighted by Gasteiger charge is -2.22. The number of hydrogen-bond acceptors (Lipinski definition) is 4. The van der Waals surface area contributed by atoms with Crippen LogP contribution in [0, 0.1) is 19.8 Å². The number of ether oxygens (including phenoxy) is 1. The number of nitrogens with one attached hydrogen (secondary N) is 1. The van der Waals surface area contributed by atoms with E-state index in [0.717, 1.165) is 48.4 Å². The fourth-order valence-electron chi connectivity index (χ4n) is 3.53. The Morgan fingerprint density at radius 1 is 0.857 bits per heavy atom. The fourth-order valence-corrected chi connectivity index (χ4v) is 3.53. The Labute approximate surface area is 167 Å². The van der Waals surface area contributed by atoms with Gasteiger partial charge in [0.25, 0.3) is 0 Å². The molecule has 3 aromatic rings. The zero-order valence-electron chi connectivity index (χ0n) is 16.6. The molecule has 4 heteroatoms. The molecule has 0 aliphatic carbocycles. The van der Waals surface area contributed by atoms with Gasteiger partial charge in [-0.15, -0.1) is 0 Å². The van der Waals surface area contributed by atoms with Crippen LogP contribution in [0.1, 0.15) is 24.0 Å². The molecule has 1 N–H and O–H groups in total. The summed E-state index contributed by atoms with van der Waals surface area (Å²) in [5.74, 6) is 1.19. The average molecular weight is 374 g/mol. The Kier molecular flexibility index (Phi) is 5.68. The highest BCUT2D eigenvalue weighted by Gasteiger charge is 2.16. The van der Waals surface area contributed by atoms with E-state index in [-0.39, 0.29) is 0 Å². The van der Waals surface area contributed by atoms with E-state index in [1.54, 1.807) is 6.20 Å². The van der Waals surface area contributed by atoms with Crippen molar-refractivity contribution in [3.63, 3.8) is 0 Å². The number of nitrogens with zero attached hydrogens (tertiary/aromatic N) is 2. The van der Waals surface area contributed by atoms with E-state index in [4.69, 9.17) is 14.7 Å². The summed E-state index contributed by atoms with van der Waals surface area (Å²) in [6, 6.07) is 16.9. The first kappa shape index (κ1) is 18.6. The molecule has 2 heterocycles. The summed E-state index contributed by atoms with van der Waals surface area (Å²) >= 11 is 0. The number of piperidine rings is 1. The van der Waals surface area contributed by atoms with Gasteiger partial charge in [0, 0.05) is 11.1 Å². The highest BCUT2D eigenvalue weighted by atomic mass is 16.5. The van der Waals surface area contributed by atoms with Crippen LogP contribution in [0.5, 0.6) is 5.88 Å². The van der Waals surface area contributed by atoms with Crippen molar-refractivity contribution < 1.29 is 4.74 Å². The van der Waals surface area contributed by atoms with Crippen LogP contribution < -0.4 is 10.1 Å². The molecule has 0 spiro atoms. The van der Waals surface area contributed by atoms with Crippen LogP contribution in [0.2, 0.25) is 0 Å². The molecule has 1 aliphatic rings. The minimum atomic E-state index is 0.586. The minimum Gasteiger partial charge on any atom is -0.476 e. The highest BCUT2D eigenvalue weighted by molar-refractivity contribution is 5.78. The number of benzene rings is 2. The van der Waals surface area contributed by atoms with E-state index >= 15 is 0 Å². The molecule has 1 saturated heterocycles. The molecule has 0 unspecified atom stereocenters.